The molecule has 0 heterocycles. The lowest BCUT2D eigenvalue weighted by molar-refractivity contribution is 0.0148. The molecule has 1 saturated carbocycles. The summed E-state index contributed by atoms with van der Waals surface area (Å²) in [6, 6.07) is 3.02. The summed E-state index contributed by atoms with van der Waals surface area (Å²) in [6.07, 6.45) is 4.73. The molecule has 1 aromatic rings. The summed E-state index contributed by atoms with van der Waals surface area (Å²) < 4.78 is 32.9. The average molecular weight is 295 g/mol. The van der Waals surface area contributed by atoms with Crippen LogP contribution in [0.4, 0.5) is 8.78 Å². The second-order valence-electron chi connectivity index (χ2n) is 5.67. The molecule has 0 saturated heterocycles. The molecule has 114 valence electrons. The van der Waals surface area contributed by atoms with Gasteiger partial charge in [-0.3, -0.25) is 0 Å². The molecule has 0 aliphatic heterocycles. The minimum absolute atomic E-state index is 0.142. The monoisotopic (exact) mass is 295 g/mol. The van der Waals surface area contributed by atoms with Crippen molar-refractivity contribution in [3.63, 3.8) is 0 Å². The molecule has 0 spiro atoms. The first-order valence-corrected chi connectivity index (χ1v) is 7.01. The van der Waals surface area contributed by atoms with E-state index in [1.54, 1.807) is 12.1 Å². The Morgan fingerprint density at radius 1 is 1.33 bits per heavy atom. The summed E-state index contributed by atoms with van der Waals surface area (Å²) in [7, 11) is 1.38. The standard InChI is InChI=1S/C16H19F2NO2/c1-11-6-7-12(15(2,17)18)14(21-3)13(11)16(19-10-20)8-4-5-9-16/h6-7H,4-5,8-9H2,1-3H3. The summed E-state index contributed by atoms with van der Waals surface area (Å²) in [5, 5.41) is 0. The van der Waals surface area contributed by atoms with Crippen molar-refractivity contribution in [1.82, 2.24) is 0 Å². The highest BCUT2D eigenvalue weighted by Gasteiger charge is 2.42. The Morgan fingerprint density at radius 3 is 2.43 bits per heavy atom. The van der Waals surface area contributed by atoms with E-state index < -0.39 is 11.5 Å². The van der Waals surface area contributed by atoms with Crippen molar-refractivity contribution in [2.24, 2.45) is 4.99 Å². The minimum Gasteiger partial charge on any atom is -0.496 e. The van der Waals surface area contributed by atoms with Crippen LogP contribution in [0.1, 0.15) is 49.3 Å². The Bertz CT molecular complexity index is 581. The number of hydrogen-bond donors (Lipinski definition) is 0. The smallest absolute Gasteiger partial charge is 0.274 e. The van der Waals surface area contributed by atoms with Gasteiger partial charge in [-0.1, -0.05) is 18.9 Å². The number of hydrogen-bond acceptors (Lipinski definition) is 3. The molecular formula is C16H19F2NO2. The Morgan fingerprint density at radius 2 is 1.95 bits per heavy atom. The van der Waals surface area contributed by atoms with E-state index in [2.05, 4.69) is 4.99 Å². The molecule has 1 aliphatic rings. The normalized spacial score (nSPS) is 17.4. The maximum atomic E-state index is 13.8. The fourth-order valence-corrected chi connectivity index (χ4v) is 3.28. The van der Waals surface area contributed by atoms with Gasteiger partial charge in [-0.05, 0) is 31.4 Å². The average Bonchev–Trinajstić information content (AvgIpc) is 2.86. The zero-order chi connectivity index (χ0) is 15.7. The predicted molar refractivity (Wildman–Crippen MR) is 75.6 cm³/mol. The van der Waals surface area contributed by atoms with E-state index >= 15 is 0 Å². The van der Waals surface area contributed by atoms with E-state index in [1.165, 1.54) is 13.2 Å². The number of rotatable bonds is 4. The Labute approximate surface area is 123 Å². The third kappa shape index (κ3) is 2.70. The molecule has 3 nitrogen and oxygen atoms in total. The summed E-state index contributed by atoms with van der Waals surface area (Å²) in [6.45, 7) is 2.67. The SMILES string of the molecule is COc1c(C(C)(F)F)ccc(C)c1C1(N=C=O)CCCC1. The van der Waals surface area contributed by atoms with E-state index in [-0.39, 0.29) is 11.3 Å². The third-order valence-electron chi connectivity index (χ3n) is 4.20. The molecule has 0 unspecified atom stereocenters. The van der Waals surface area contributed by atoms with Crippen molar-refractivity contribution in [1.29, 1.82) is 0 Å². The fraction of sp³-hybridized carbons (Fsp3) is 0.562. The number of methoxy groups -OCH3 is 1. The van der Waals surface area contributed by atoms with E-state index in [9.17, 15) is 13.6 Å². The second kappa shape index (κ2) is 5.57. The van der Waals surface area contributed by atoms with Gasteiger partial charge >= 0.3 is 0 Å². The quantitative estimate of drug-likeness (QED) is 0.616. The van der Waals surface area contributed by atoms with Gasteiger partial charge < -0.3 is 4.74 Å². The topological polar surface area (TPSA) is 38.7 Å². The molecule has 21 heavy (non-hydrogen) atoms. The lowest BCUT2D eigenvalue weighted by atomic mass is 9.83. The van der Waals surface area contributed by atoms with Crippen molar-refractivity contribution in [2.75, 3.05) is 7.11 Å². The fourth-order valence-electron chi connectivity index (χ4n) is 3.28. The third-order valence-corrected chi connectivity index (χ3v) is 4.20. The van der Waals surface area contributed by atoms with Gasteiger partial charge in [-0.25, -0.2) is 13.6 Å². The van der Waals surface area contributed by atoms with Crippen LogP contribution in [0.2, 0.25) is 0 Å². The maximum Gasteiger partial charge on any atom is 0.274 e. The molecule has 1 aliphatic carbocycles. The van der Waals surface area contributed by atoms with Crippen molar-refractivity contribution in [3.05, 3.63) is 28.8 Å². The van der Waals surface area contributed by atoms with Gasteiger partial charge in [0.15, 0.2) is 0 Å². The van der Waals surface area contributed by atoms with Gasteiger partial charge in [0.25, 0.3) is 5.92 Å². The van der Waals surface area contributed by atoms with Crippen LogP contribution in [-0.2, 0) is 16.3 Å². The van der Waals surface area contributed by atoms with E-state index in [0.717, 1.165) is 25.3 Å². The molecule has 0 atom stereocenters. The maximum absolute atomic E-state index is 13.8. The Hall–Kier alpha value is -1.74. The van der Waals surface area contributed by atoms with Crippen molar-refractivity contribution >= 4 is 6.08 Å². The largest absolute Gasteiger partial charge is 0.496 e. The number of ether oxygens (including phenoxy) is 1. The first-order chi connectivity index (χ1) is 9.85. The number of benzene rings is 1. The Balaban J connectivity index is 2.75. The first-order valence-electron chi connectivity index (χ1n) is 7.01. The molecule has 1 aromatic carbocycles. The highest BCUT2D eigenvalue weighted by atomic mass is 19.3. The number of aryl methyl sites for hydroxylation is 1. The van der Waals surface area contributed by atoms with Crippen molar-refractivity contribution in [3.8, 4) is 5.75 Å². The van der Waals surface area contributed by atoms with Crippen LogP contribution in [0.25, 0.3) is 0 Å². The summed E-state index contributed by atoms with van der Waals surface area (Å²) in [5.74, 6) is -2.87. The number of isocyanates is 1. The molecule has 2 rings (SSSR count). The van der Waals surface area contributed by atoms with Crippen LogP contribution in [0, 0.1) is 6.92 Å². The molecular weight excluding hydrogens is 276 g/mol. The Kier molecular flexibility index (Phi) is 4.15. The highest BCUT2D eigenvalue weighted by Crippen LogP contribution is 2.50. The zero-order valence-electron chi connectivity index (χ0n) is 12.5. The van der Waals surface area contributed by atoms with Crippen molar-refractivity contribution in [2.45, 2.75) is 51.0 Å². The number of halogens is 2. The molecule has 5 heteroatoms. The summed E-state index contributed by atoms with van der Waals surface area (Å²) >= 11 is 0. The molecule has 0 N–H and O–H groups in total. The summed E-state index contributed by atoms with van der Waals surface area (Å²) in [5.41, 5.74) is 0.460. The van der Waals surface area contributed by atoms with Crippen molar-refractivity contribution < 1.29 is 18.3 Å². The highest BCUT2D eigenvalue weighted by molar-refractivity contribution is 5.53. The van der Waals surface area contributed by atoms with Gasteiger partial charge in [-0.2, -0.15) is 4.99 Å². The lowest BCUT2D eigenvalue weighted by Crippen LogP contribution is -2.23. The van der Waals surface area contributed by atoms with E-state index in [4.69, 9.17) is 4.74 Å². The molecule has 0 radical (unpaired) electrons. The molecule has 0 aromatic heterocycles. The first kappa shape index (κ1) is 15.6. The van der Waals surface area contributed by atoms with Crippen LogP contribution in [0.5, 0.6) is 5.75 Å². The van der Waals surface area contributed by atoms with Gasteiger partial charge in [-0.15, -0.1) is 0 Å². The molecule has 1 fully saturated rings. The number of nitrogens with zero attached hydrogens (tertiary/aromatic N) is 1. The lowest BCUT2D eigenvalue weighted by Gasteiger charge is -2.29. The number of carbonyl (C=O) groups excluding carboxylic acids is 1. The van der Waals surface area contributed by atoms with Crippen LogP contribution >= 0.6 is 0 Å². The van der Waals surface area contributed by atoms with Gasteiger partial charge in [0.05, 0.1) is 12.7 Å². The zero-order valence-corrected chi connectivity index (χ0v) is 12.5. The molecule has 0 amide bonds. The van der Waals surface area contributed by atoms with Gasteiger partial charge in [0, 0.05) is 12.5 Å². The van der Waals surface area contributed by atoms with Crippen LogP contribution in [-0.4, -0.2) is 13.2 Å². The van der Waals surface area contributed by atoms with Gasteiger partial charge in [0.2, 0.25) is 6.08 Å². The number of aliphatic imine (C=N–C) groups is 1. The summed E-state index contributed by atoms with van der Waals surface area (Å²) in [4.78, 5) is 14.8. The second-order valence-corrected chi connectivity index (χ2v) is 5.67. The predicted octanol–water partition coefficient (Wildman–Crippen LogP) is 4.22. The van der Waals surface area contributed by atoms with Crippen LogP contribution in [0.3, 0.4) is 0 Å². The van der Waals surface area contributed by atoms with E-state index in [1.807, 2.05) is 6.92 Å². The van der Waals surface area contributed by atoms with Crippen LogP contribution < -0.4 is 4.74 Å². The van der Waals surface area contributed by atoms with Gasteiger partial charge in [0.1, 0.15) is 11.3 Å². The molecule has 0 bridgehead atoms. The van der Waals surface area contributed by atoms with E-state index in [0.29, 0.717) is 18.4 Å². The number of alkyl halides is 2. The van der Waals surface area contributed by atoms with Crippen LogP contribution in [0.15, 0.2) is 17.1 Å². The minimum atomic E-state index is -3.02.